The van der Waals surface area contributed by atoms with Crippen LogP contribution in [0, 0.1) is 6.92 Å². The van der Waals surface area contributed by atoms with Crippen molar-refractivity contribution in [3.63, 3.8) is 0 Å². The average molecular weight is 325 g/mol. The maximum Gasteiger partial charge on any atom is 0.315 e. The van der Waals surface area contributed by atoms with Crippen LogP contribution in [0.3, 0.4) is 0 Å². The second kappa shape index (κ2) is 7.65. The summed E-state index contributed by atoms with van der Waals surface area (Å²) in [7, 11) is 1.60. The van der Waals surface area contributed by atoms with Gasteiger partial charge in [0.15, 0.2) is 5.82 Å². The van der Waals surface area contributed by atoms with Crippen molar-refractivity contribution in [3.8, 4) is 5.75 Å². The summed E-state index contributed by atoms with van der Waals surface area (Å²) in [5, 5.41) is 9.71. The first kappa shape index (κ1) is 16.1. The molecule has 2 aromatic rings. The first-order chi connectivity index (χ1) is 10.6. The van der Waals surface area contributed by atoms with Crippen LogP contribution in [-0.4, -0.2) is 29.8 Å². The molecule has 0 aliphatic carbocycles. The number of halogens is 1. The lowest BCUT2D eigenvalue weighted by molar-refractivity contribution is 0.240. The van der Waals surface area contributed by atoms with E-state index >= 15 is 0 Å². The second-order valence-electron chi connectivity index (χ2n) is 4.55. The normalized spacial score (nSPS) is 10.3. The Labute approximate surface area is 133 Å². The summed E-state index contributed by atoms with van der Waals surface area (Å²) in [5.74, 6) is 1.64. The highest BCUT2D eigenvalue weighted by molar-refractivity contribution is 6.30. The minimum Gasteiger partial charge on any atom is -0.496 e. The molecule has 22 heavy (non-hydrogen) atoms. The van der Waals surface area contributed by atoms with Gasteiger partial charge in [-0.15, -0.1) is 0 Å². The zero-order chi connectivity index (χ0) is 15.9. The molecule has 2 N–H and O–H groups in total. The van der Waals surface area contributed by atoms with Crippen molar-refractivity contribution in [2.24, 2.45) is 0 Å². The number of hydrogen-bond acceptors (Lipinski definition) is 5. The molecule has 118 valence electrons. The van der Waals surface area contributed by atoms with Gasteiger partial charge < -0.3 is 19.9 Å². The summed E-state index contributed by atoms with van der Waals surface area (Å²) in [5.41, 5.74) is 0.934. The first-order valence-electron chi connectivity index (χ1n) is 6.72. The number of aryl methyl sites for hydroxylation is 1. The highest BCUT2D eigenvalue weighted by Crippen LogP contribution is 2.22. The van der Waals surface area contributed by atoms with Gasteiger partial charge in [-0.1, -0.05) is 16.8 Å². The van der Waals surface area contributed by atoms with Gasteiger partial charge in [0.1, 0.15) is 5.75 Å². The molecule has 0 bridgehead atoms. The van der Waals surface area contributed by atoms with Gasteiger partial charge in [-0.05, 0) is 30.2 Å². The third-order valence-corrected chi connectivity index (χ3v) is 3.13. The van der Waals surface area contributed by atoms with Crippen molar-refractivity contribution in [2.75, 3.05) is 13.7 Å². The Balaban J connectivity index is 1.76. The van der Waals surface area contributed by atoms with Gasteiger partial charge in [0.2, 0.25) is 5.89 Å². The van der Waals surface area contributed by atoms with Crippen molar-refractivity contribution in [1.29, 1.82) is 0 Å². The van der Waals surface area contributed by atoms with E-state index in [1.807, 2.05) is 6.07 Å². The molecular formula is C14H17ClN4O3. The lowest BCUT2D eigenvalue weighted by Crippen LogP contribution is -2.36. The van der Waals surface area contributed by atoms with Gasteiger partial charge in [-0.25, -0.2) is 4.79 Å². The van der Waals surface area contributed by atoms with Gasteiger partial charge in [0, 0.05) is 18.5 Å². The predicted octanol–water partition coefficient (Wildman–Crippen LogP) is 2.08. The number of urea groups is 1. The number of methoxy groups -OCH3 is 1. The molecule has 0 atom stereocenters. The largest absolute Gasteiger partial charge is 0.496 e. The van der Waals surface area contributed by atoms with Crippen LogP contribution in [0.2, 0.25) is 5.02 Å². The zero-order valence-corrected chi connectivity index (χ0v) is 13.1. The molecule has 1 aromatic heterocycles. The summed E-state index contributed by atoms with van der Waals surface area (Å²) in [6.45, 7) is 2.35. The lowest BCUT2D eigenvalue weighted by Gasteiger charge is -2.10. The SMILES string of the molecule is COc1ccc(Cl)cc1CCNC(=O)NCc1noc(C)n1. The van der Waals surface area contributed by atoms with Crippen molar-refractivity contribution >= 4 is 17.6 Å². The maximum atomic E-state index is 11.7. The molecule has 8 heteroatoms. The molecule has 0 saturated carbocycles. The Morgan fingerprint density at radius 1 is 1.41 bits per heavy atom. The molecule has 0 saturated heterocycles. The van der Waals surface area contributed by atoms with Gasteiger partial charge in [0.05, 0.1) is 13.7 Å². The van der Waals surface area contributed by atoms with E-state index in [0.29, 0.717) is 29.7 Å². The number of amides is 2. The number of carbonyl (C=O) groups excluding carboxylic acids is 1. The van der Waals surface area contributed by atoms with Crippen molar-refractivity contribution in [3.05, 3.63) is 40.5 Å². The smallest absolute Gasteiger partial charge is 0.315 e. The Kier molecular flexibility index (Phi) is 5.60. The Hall–Kier alpha value is -2.28. The fourth-order valence-corrected chi connectivity index (χ4v) is 2.08. The molecular weight excluding hydrogens is 308 g/mol. The van der Waals surface area contributed by atoms with E-state index < -0.39 is 0 Å². The molecule has 0 spiro atoms. The molecule has 0 fully saturated rings. The predicted molar refractivity (Wildman–Crippen MR) is 81.0 cm³/mol. The number of aromatic nitrogens is 2. The van der Waals surface area contributed by atoms with E-state index in [1.165, 1.54) is 0 Å². The quantitative estimate of drug-likeness (QED) is 0.849. The van der Waals surface area contributed by atoms with E-state index in [1.54, 1.807) is 26.2 Å². The molecule has 0 aliphatic rings. The Morgan fingerprint density at radius 2 is 2.23 bits per heavy atom. The van der Waals surface area contributed by atoms with Crippen molar-refractivity contribution < 1.29 is 14.1 Å². The van der Waals surface area contributed by atoms with E-state index in [4.69, 9.17) is 20.9 Å². The molecule has 7 nitrogen and oxygen atoms in total. The van der Waals surface area contributed by atoms with Gasteiger partial charge >= 0.3 is 6.03 Å². The molecule has 2 rings (SSSR count). The first-order valence-corrected chi connectivity index (χ1v) is 7.09. The van der Waals surface area contributed by atoms with Crippen LogP contribution in [0.1, 0.15) is 17.3 Å². The van der Waals surface area contributed by atoms with Crippen LogP contribution in [0.5, 0.6) is 5.75 Å². The van der Waals surface area contributed by atoms with E-state index in [0.717, 1.165) is 11.3 Å². The number of ether oxygens (including phenoxy) is 1. The van der Waals surface area contributed by atoms with Gasteiger partial charge in [0.25, 0.3) is 0 Å². The number of rotatable bonds is 6. The topological polar surface area (TPSA) is 89.3 Å². The fraction of sp³-hybridized carbons (Fsp3) is 0.357. The van der Waals surface area contributed by atoms with Crippen LogP contribution >= 0.6 is 11.6 Å². The van der Waals surface area contributed by atoms with E-state index in [2.05, 4.69) is 20.8 Å². The summed E-state index contributed by atoms with van der Waals surface area (Å²) >= 11 is 5.96. The molecule has 1 heterocycles. The van der Waals surface area contributed by atoms with E-state index in [-0.39, 0.29) is 12.6 Å². The van der Waals surface area contributed by atoms with Crippen LogP contribution in [0.25, 0.3) is 0 Å². The number of nitrogens with one attached hydrogen (secondary N) is 2. The molecule has 1 aromatic carbocycles. The summed E-state index contributed by atoms with van der Waals surface area (Å²) in [6.07, 6.45) is 0.610. The van der Waals surface area contributed by atoms with Crippen LogP contribution < -0.4 is 15.4 Å². The lowest BCUT2D eigenvalue weighted by atomic mass is 10.1. The summed E-state index contributed by atoms with van der Waals surface area (Å²) in [6, 6.07) is 5.08. The van der Waals surface area contributed by atoms with Gasteiger partial charge in [-0.2, -0.15) is 4.98 Å². The van der Waals surface area contributed by atoms with Crippen LogP contribution in [0.4, 0.5) is 4.79 Å². The highest BCUT2D eigenvalue weighted by atomic mass is 35.5. The fourth-order valence-electron chi connectivity index (χ4n) is 1.89. The Bertz CT molecular complexity index is 645. The van der Waals surface area contributed by atoms with Crippen molar-refractivity contribution in [1.82, 2.24) is 20.8 Å². The van der Waals surface area contributed by atoms with Crippen LogP contribution in [-0.2, 0) is 13.0 Å². The highest BCUT2D eigenvalue weighted by Gasteiger charge is 2.07. The standard InChI is InChI=1S/C14H17ClN4O3/c1-9-18-13(19-22-9)8-17-14(20)16-6-5-10-7-11(15)3-4-12(10)21-2/h3-4,7H,5-6,8H2,1-2H3,(H2,16,17,20). The molecule has 2 amide bonds. The summed E-state index contributed by atoms with van der Waals surface area (Å²) < 4.78 is 10.1. The number of hydrogen-bond donors (Lipinski definition) is 2. The monoisotopic (exact) mass is 324 g/mol. The number of nitrogens with zero attached hydrogens (tertiary/aromatic N) is 2. The number of carbonyl (C=O) groups is 1. The molecule has 0 unspecified atom stereocenters. The zero-order valence-electron chi connectivity index (χ0n) is 12.4. The minimum atomic E-state index is -0.302. The van der Waals surface area contributed by atoms with Crippen LogP contribution in [0.15, 0.2) is 22.7 Å². The average Bonchev–Trinajstić information content (AvgIpc) is 2.91. The second-order valence-corrected chi connectivity index (χ2v) is 4.98. The van der Waals surface area contributed by atoms with Gasteiger partial charge in [-0.3, -0.25) is 0 Å². The van der Waals surface area contributed by atoms with E-state index in [9.17, 15) is 4.79 Å². The minimum absolute atomic E-state index is 0.212. The third kappa shape index (κ3) is 4.63. The van der Waals surface area contributed by atoms with Crippen molar-refractivity contribution in [2.45, 2.75) is 19.9 Å². The Morgan fingerprint density at radius 3 is 2.91 bits per heavy atom. The number of benzene rings is 1. The third-order valence-electron chi connectivity index (χ3n) is 2.90. The molecule has 0 aliphatic heterocycles. The summed E-state index contributed by atoms with van der Waals surface area (Å²) in [4.78, 5) is 15.7. The maximum absolute atomic E-state index is 11.7. The molecule has 0 radical (unpaired) electrons.